The van der Waals surface area contributed by atoms with E-state index in [0.29, 0.717) is 24.7 Å². The number of likely N-dealkylation sites (tertiary alicyclic amines) is 1. The largest absolute Gasteiger partial charge is 0.354 e. The summed E-state index contributed by atoms with van der Waals surface area (Å²) < 4.78 is 14.0. The highest BCUT2D eigenvalue weighted by Gasteiger charge is 2.24. The van der Waals surface area contributed by atoms with Crippen LogP contribution in [-0.2, 0) is 13.1 Å². The summed E-state index contributed by atoms with van der Waals surface area (Å²) in [5.41, 5.74) is 1.75. The molecule has 0 bridgehead atoms. The fourth-order valence-corrected chi connectivity index (χ4v) is 4.60. The second-order valence-electron chi connectivity index (χ2n) is 7.74. The molecule has 2 heterocycles. The number of hydrogen-bond donors (Lipinski definition) is 2. The first-order chi connectivity index (χ1) is 14.1. The number of nitrogens with zero attached hydrogens (tertiary/aromatic N) is 3. The Morgan fingerprint density at radius 1 is 1.24 bits per heavy atom. The Kier molecular flexibility index (Phi) is 8.03. The maximum absolute atomic E-state index is 14.0. The van der Waals surface area contributed by atoms with Gasteiger partial charge in [0.2, 0.25) is 0 Å². The van der Waals surface area contributed by atoms with E-state index in [4.69, 9.17) is 0 Å². The second-order valence-corrected chi connectivity index (χ2v) is 8.72. The maximum atomic E-state index is 14.0. The van der Waals surface area contributed by atoms with Gasteiger partial charge in [-0.15, -0.1) is 11.3 Å². The van der Waals surface area contributed by atoms with Crippen molar-refractivity contribution in [2.75, 3.05) is 40.8 Å². The van der Waals surface area contributed by atoms with Gasteiger partial charge < -0.3 is 15.5 Å². The third-order valence-electron chi connectivity index (χ3n) is 5.20. The molecule has 0 radical (unpaired) electrons. The summed E-state index contributed by atoms with van der Waals surface area (Å²) in [6, 6.07) is 10.0. The van der Waals surface area contributed by atoms with Gasteiger partial charge in [0.1, 0.15) is 5.82 Å². The molecule has 29 heavy (non-hydrogen) atoms. The van der Waals surface area contributed by atoms with Gasteiger partial charge in [0.25, 0.3) is 0 Å². The van der Waals surface area contributed by atoms with Crippen LogP contribution in [0, 0.1) is 5.82 Å². The Morgan fingerprint density at radius 3 is 2.69 bits per heavy atom. The normalized spacial score (nSPS) is 16.4. The molecule has 1 atom stereocenters. The van der Waals surface area contributed by atoms with Gasteiger partial charge in [-0.1, -0.05) is 12.1 Å². The first kappa shape index (κ1) is 21.7. The number of thiophene rings is 1. The van der Waals surface area contributed by atoms with Crippen LogP contribution in [0.1, 0.15) is 34.9 Å². The Balaban J connectivity index is 1.57. The molecule has 0 aliphatic carbocycles. The van der Waals surface area contributed by atoms with Crippen LogP contribution in [0.5, 0.6) is 0 Å². The van der Waals surface area contributed by atoms with Crippen molar-refractivity contribution < 1.29 is 4.39 Å². The lowest BCUT2D eigenvalue weighted by molar-refractivity contribution is 0.249. The van der Waals surface area contributed by atoms with Crippen molar-refractivity contribution in [3.05, 3.63) is 57.5 Å². The van der Waals surface area contributed by atoms with Crippen LogP contribution in [0.15, 0.2) is 40.7 Å². The molecule has 1 aromatic carbocycles. The molecular weight excluding hydrogens is 385 g/mol. The molecule has 1 fully saturated rings. The van der Waals surface area contributed by atoms with E-state index in [0.717, 1.165) is 31.2 Å². The fraction of sp³-hybridized carbons (Fsp3) is 0.500. The van der Waals surface area contributed by atoms with E-state index in [-0.39, 0.29) is 5.82 Å². The van der Waals surface area contributed by atoms with Gasteiger partial charge in [-0.05, 0) is 69.2 Å². The van der Waals surface area contributed by atoms with E-state index in [1.807, 2.05) is 42.5 Å². The number of nitrogens with one attached hydrogen (secondary N) is 2. The van der Waals surface area contributed by atoms with Crippen molar-refractivity contribution in [2.45, 2.75) is 32.0 Å². The van der Waals surface area contributed by atoms with Gasteiger partial charge >= 0.3 is 0 Å². The minimum absolute atomic E-state index is 0.158. The summed E-state index contributed by atoms with van der Waals surface area (Å²) in [6.45, 7) is 4.31. The summed E-state index contributed by atoms with van der Waals surface area (Å²) in [5.74, 6) is 0.610. The summed E-state index contributed by atoms with van der Waals surface area (Å²) in [6.07, 6.45) is 2.55. The van der Waals surface area contributed by atoms with Crippen LogP contribution in [0.3, 0.4) is 0 Å². The minimum atomic E-state index is -0.158. The predicted molar refractivity (Wildman–Crippen MR) is 120 cm³/mol. The average Bonchev–Trinajstić information content (AvgIpc) is 3.41. The molecule has 1 aliphatic heterocycles. The zero-order valence-electron chi connectivity index (χ0n) is 17.6. The quantitative estimate of drug-likeness (QED) is 0.510. The lowest BCUT2D eigenvalue weighted by atomic mass is 10.1. The van der Waals surface area contributed by atoms with Gasteiger partial charge in [-0.25, -0.2) is 4.39 Å². The summed E-state index contributed by atoms with van der Waals surface area (Å²) in [7, 11) is 5.68. The third kappa shape index (κ3) is 6.26. The summed E-state index contributed by atoms with van der Waals surface area (Å²) in [4.78, 5) is 10.3. The first-order valence-electron chi connectivity index (χ1n) is 10.2. The molecule has 0 spiro atoms. The van der Waals surface area contributed by atoms with E-state index in [2.05, 4.69) is 38.0 Å². The number of aliphatic imine (C=N–C) groups is 1. The van der Waals surface area contributed by atoms with Crippen molar-refractivity contribution in [2.24, 2.45) is 4.99 Å². The monoisotopic (exact) mass is 417 g/mol. The van der Waals surface area contributed by atoms with Gasteiger partial charge in [0.05, 0.1) is 6.04 Å². The molecule has 1 aromatic heterocycles. The minimum Gasteiger partial charge on any atom is -0.354 e. The van der Waals surface area contributed by atoms with Crippen molar-refractivity contribution >= 4 is 17.3 Å². The van der Waals surface area contributed by atoms with E-state index in [1.54, 1.807) is 13.1 Å². The fourth-order valence-electron chi connectivity index (χ4n) is 3.74. The van der Waals surface area contributed by atoms with Crippen molar-refractivity contribution in [3.63, 3.8) is 0 Å². The molecule has 0 saturated carbocycles. The van der Waals surface area contributed by atoms with E-state index in [1.165, 1.54) is 17.7 Å². The Labute approximate surface area is 177 Å². The van der Waals surface area contributed by atoms with Crippen LogP contribution in [-0.4, -0.2) is 56.5 Å². The number of halogens is 1. The zero-order chi connectivity index (χ0) is 20.6. The highest BCUT2D eigenvalue weighted by Crippen LogP contribution is 2.27. The van der Waals surface area contributed by atoms with Crippen LogP contribution in [0.2, 0.25) is 0 Å². The molecule has 1 saturated heterocycles. The number of benzene rings is 1. The highest BCUT2D eigenvalue weighted by molar-refractivity contribution is 7.10. The molecule has 0 amide bonds. The van der Waals surface area contributed by atoms with Gasteiger partial charge in [-0.2, -0.15) is 0 Å². The van der Waals surface area contributed by atoms with Crippen LogP contribution >= 0.6 is 11.3 Å². The predicted octanol–water partition coefficient (Wildman–Crippen LogP) is 3.45. The maximum Gasteiger partial charge on any atom is 0.191 e. The first-order valence-corrected chi connectivity index (χ1v) is 11.1. The van der Waals surface area contributed by atoms with Gasteiger partial charge in [0.15, 0.2) is 5.96 Å². The molecule has 3 rings (SSSR count). The topological polar surface area (TPSA) is 42.9 Å². The van der Waals surface area contributed by atoms with Crippen molar-refractivity contribution in [1.29, 1.82) is 0 Å². The van der Waals surface area contributed by atoms with Gasteiger partial charge in [0, 0.05) is 37.1 Å². The van der Waals surface area contributed by atoms with Gasteiger partial charge in [-0.3, -0.25) is 9.89 Å². The molecule has 5 nitrogen and oxygen atoms in total. The highest BCUT2D eigenvalue weighted by atomic mass is 32.1. The molecule has 2 aromatic rings. The number of guanidine groups is 1. The zero-order valence-corrected chi connectivity index (χ0v) is 18.4. The Bertz CT molecular complexity index is 785. The molecular formula is C22H32FN5S. The van der Waals surface area contributed by atoms with E-state index < -0.39 is 0 Å². The number of hydrogen-bond acceptors (Lipinski definition) is 4. The Morgan fingerprint density at radius 2 is 2.03 bits per heavy atom. The summed E-state index contributed by atoms with van der Waals surface area (Å²) in [5, 5.41) is 8.99. The molecule has 158 valence electrons. The standard InChI is InChI=1S/C22H32FN5S/c1-24-22(25-14-17-8-9-19(23)18(13-17)16-27(2)3)26-15-20(21-7-6-12-29-21)28-10-4-5-11-28/h6-9,12-13,20H,4-5,10-11,14-16H2,1-3H3,(H2,24,25,26). The van der Waals surface area contributed by atoms with Crippen LogP contribution in [0.4, 0.5) is 4.39 Å². The SMILES string of the molecule is CN=C(NCc1ccc(F)c(CN(C)C)c1)NCC(c1cccs1)N1CCCC1. The third-order valence-corrected chi connectivity index (χ3v) is 6.17. The van der Waals surface area contributed by atoms with Crippen molar-refractivity contribution in [3.8, 4) is 0 Å². The molecule has 1 unspecified atom stereocenters. The van der Waals surface area contributed by atoms with E-state index >= 15 is 0 Å². The van der Waals surface area contributed by atoms with E-state index in [9.17, 15) is 4.39 Å². The lowest BCUT2D eigenvalue weighted by Gasteiger charge is -2.27. The average molecular weight is 418 g/mol. The summed E-state index contributed by atoms with van der Waals surface area (Å²) >= 11 is 1.81. The molecule has 7 heteroatoms. The second kappa shape index (κ2) is 10.7. The smallest absolute Gasteiger partial charge is 0.191 e. The Hall–Kier alpha value is -1.96. The van der Waals surface area contributed by atoms with Crippen LogP contribution in [0.25, 0.3) is 0 Å². The molecule has 1 aliphatic rings. The lowest BCUT2D eigenvalue weighted by Crippen LogP contribution is -2.42. The molecule has 2 N–H and O–H groups in total. The number of rotatable bonds is 8. The van der Waals surface area contributed by atoms with Crippen molar-refractivity contribution in [1.82, 2.24) is 20.4 Å². The van der Waals surface area contributed by atoms with Crippen LogP contribution < -0.4 is 10.6 Å².